The molecule has 2 N–H and O–H groups in total. The van der Waals surface area contributed by atoms with Gasteiger partial charge in [-0.1, -0.05) is 44.2 Å². The van der Waals surface area contributed by atoms with E-state index in [9.17, 15) is 14.0 Å². The van der Waals surface area contributed by atoms with Crippen molar-refractivity contribution >= 4 is 17.5 Å². The first-order valence-electron chi connectivity index (χ1n) is 8.28. The van der Waals surface area contributed by atoms with Crippen LogP contribution in [0.1, 0.15) is 42.6 Å². The summed E-state index contributed by atoms with van der Waals surface area (Å²) in [5.74, 6) is -0.939. The Morgan fingerprint density at radius 3 is 2.36 bits per heavy atom. The third-order valence-corrected chi connectivity index (χ3v) is 4.05. The Hall–Kier alpha value is -2.69. The van der Waals surface area contributed by atoms with E-state index in [1.165, 1.54) is 25.1 Å². The zero-order valence-corrected chi connectivity index (χ0v) is 14.7. The predicted molar refractivity (Wildman–Crippen MR) is 97.1 cm³/mol. The summed E-state index contributed by atoms with van der Waals surface area (Å²) >= 11 is 0. The Morgan fingerprint density at radius 1 is 1.08 bits per heavy atom. The first kappa shape index (κ1) is 18.6. The molecule has 2 rings (SSSR count). The molecule has 0 heterocycles. The second kappa shape index (κ2) is 8.42. The molecule has 0 fully saturated rings. The summed E-state index contributed by atoms with van der Waals surface area (Å²) in [5, 5.41) is 5.36. The molecule has 2 aromatic carbocycles. The van der Waals surface area contributed by atoms with Crippen LogP contribution in [0, 0.1) is 11.7 Å². The third kappa shape index (κ3) is 5.14. The number of halogens is 1. The molecule has 0 saturated carbocycles. The van der Waals surface area contributed by atoms with Crippen LogP contribution in [-0.2, 0) is 4.79 Å². The van der Waals surface area contributed by atoms with Gasteiger partial charge in [0.25, 0.3) is 5.91 Å². The summed E-state index contributed by atoms with van der Waals surface area (Å²) in [7, 11) is 0. The van der Waals surface area contributed by atoms with Crippen molar-refractivity contribution in [3.8, 4) is 0 Å². The van der Waals surface area contributed by atoms with E-state index >= 15 is 0 Å². The number of hydrogen-bond donors (Lipinski definition) is 2. The molecule has 1 atom stereocenters. The fourth-order valence-corrected chi connectivity index (χ4v) is 2.72. The van der Waals surface area contributed by atoms with E-state index in [0.717, 1.165) is 5.56 Å². The van der Waals surface area contributed by atoms with E-state index in [2.05, 4.69) is 24.5 Å². The molecular formula is C20H23FN2O2. The number of carbonyl (C=O) groups excluding carboxylic acids is 2. The average molecular weight is 342 g/mol. The van der Waals surface area contributed by atoms with Gasteiger partial charge in [-0.05, 0) is 29.7 Å². The van der Waals surface area contributed by atoms with Gasteiger partial charge in [0.2, 0.25) is 5.91 Å². The molecule has 5 heteroatoms. The lowest BCUT2D eigenvalue weighted by molar-refractivity contribution is -0.114. The number of benzene rings is 2. The summed E-state index contributed by atoms with van der Waals surface area (Å²) in [5.41, 5.74) is 1.44. The largest absolute Gasteiger partial charge is 0.351 e. The quantitative estimate of drug-likeness (QED) is 0.835. The van der Waals surface area contributed by atoms with Crippen LogP contribution in [0.4, 0.5) is 10.1 Å². The Balaban J connectivity index is 2.12. The summed E-state index contributed by atoms with van der Waals surface area (Å²) in [6.45, 7) is 5.93. The van der Waals surface area contributed by atoms with E-state index < -0.39 is 11.7 Å². The zero-order chi connectivity index (χ0) is 18.4. The van der Waals surface area contributed by atoms with Crippen molar-refractivity contribution < 1.29 is 14.0 Å². The Bertz CT molecular complexity index is 745. The van der Waals surface area contributed by atoms with E-state index in [0.29, 0.717) is 18.2 Å². The van der Waals surface area contributed by atoms with E-state index in [1.807, 2.05) is 30.3 Å². The van der Waals surface area contributed by atoms with Gasteiger partial charge in [0.05, 0.1) is 5.56 Å². The minimum atomic E-state index is -0.618. The monoisotopic (exact) mass is 342 g/mol. The van der Waals surface area contributed by atoms with Crippen LogP contribution in [0.15, 0.2) is 48.5 Å². The molecule has 0 saturated heterocycles. The molecule has 1 unspecified atom stereocenters. The summed E-state index contributed by atoms with van der Waals surface area (Å²) in [4.78, 5) is 23.5. The van der Waals surface area contributed by atoms with Gasteiger partial charge in [-0.15, -0.1) is 0 Å². The number of carbonyl (C=O) groups is 2. The van der Waals surface area contributed by atoms with Crippen molar-refractivity contribution in [2.75, 3.05) is 11.9 Å². The summed E-state index contributed by atoms with van der Waals surface area (Å²) in [6, 6.07) is 13.9. The van der Waals surface area contributed by atoms with Gasteiger partial charge < -0.3 is 10.6 Å². The summed E-state index contributed by atoms with van der Waals surface area (Å²) < 4.78 is 14.0. The normalized spacial score (nSPS) is 11.9. The zero-order valence-electron chi connectivity index (χ0n) is 14.7. The van der Waals surface area contributed by atoms with E-state index in [4.69, 9.17) is 0 Å². The van der Waals surface area contributed by atoms with Crippen LogP contribution < -0.4 is 10.6 Å². The van der Waals surface area contributed by atoms with Gasteiger partial charge in [0, 0.05) is 25.1 Å². The molecule has 0 aliphatic carbocycles. The van der Waals surface area contributed by atoms with Crippen molar-refractivity contribution in [1.82, 2.24) is 5.32 Å². The second-order valence-electron chi connectivity index (χ2n) is 6.35. The van der Waals surface area contributed by atoms with Crippen molar-refractivity contribution in [3.05, 3.63) is 65.5 Å². The highest BCUT2D eigenvalue weighted by Crippen LogP contribution is 2.23. The highest BCUT2D eigenvalue weighted by atomic mass is 19.1. The first-order chi connectivity index (χ1) is 11.9. The van der Waals surface area contributed by atoms with Crippen molar-refractivity contribution in [2.24, 2.45) is 5.92 Å². The van der Waals surface area contributed by atoms with Crippen LogP contribution in [0.25, 0.3) is 0 Å². The molecule has 4 nitrogen and oxygen atoms in total. The second-order valence-corrected chi connectivity index (χ2v) is 6.35. The van der Waals surface area contributed by atoms with Crippen molar-refractivity contribution in [2.45, 2.75) is 26.7 Å². The SMILES string of the molecule is CC(=O)Nc1ccc(F)c(C(=O)NCC(c2ccccc2)C(C)C)c1. The topological polar surface area (TPSA) is 58.2 Å². The van der Waals surface area contributed by atoms with Crippen molar-refractivity contribution in [1.29, 1.82) is 0 Å². The van der Waals surface area contributed by atoms with Gasteiger partial charge in [0.15, 0.2) is 0 Å². The highest BCUT2D eigenvalue weighted by molar-refractivity contribution is 5.97. The van der Waals surface area contributed by atoms with Gasteiger partial charge in [-0.2, -0.15) is 0 Å². The predicted octanol–water partition coefficient (Wildman–Crippen LogP) is 3.95. The molecule has 132 valence electrons. The molecule has 0 radical (unpaired) electrons. The fraction of sp³-hybridized carbons (Fsp3) is 0.300. The number of hydrogen-bond acceptors (Lipinski definition) is 2. The van der Waals surface area contributed by atoms with E-state index in [1.54, 1.807) is 0 Å². The number of amides is 2. The number of rotatable bonds is 6. The van der Waals surface area contributed by atoms with Crippen LogP contribution in [0.2, 0.25) is 0 Å². The number of anilines is 1. The lowest BCUT2D eigenvalue weighted by atomic mass is 9.88. The minimum Gasteiger partial charge on any atom is -0.351 e. The maximum atomic E-state index is 14.0. The molecule has 0 aromatic heterocycles. The lowest BCUT2D eigenvalue weighted by Crippen LogP contribution is -2.31. The third-order valence-electron chi connectivity index (χ3n) is 4.05. The van der Waals surface area contributed by atoms with Crippen LogP contribution in [0.3, 0.4) is 0 Å². The van der Waals surface area contributed by atoms with Crippen LogP contribution in [0.5, 0.6) is 0 Å². The average Bonchev–Trinajstić information content (AvgIpc) is 2.57. The Kier molecular flexibility index (Phi) is 6.28. The maximum Gasteiger partial charge on any atom is 0.254 e. The molecule has 2 aromatic rings. The molecular weight excluding hydrogens is 319 g/mol. The molecule has 2 amide bonds. The smallest absolute Gasteiger partial charge is 0.254 e. The molecule has 0 aliphatic rings. The molecule has 0 aliphatic heterocycles. The van der Waals surface area contributed by atoms with E-state index in [-0.39, 0.29) is 17.4 Å². The Labute approximate surface area is 147 Å². The first-order valence-corrected chi connectivity index (χ1v) is 8.28. The maximum absolute atomic E-state index is 14.0. The standard InChI is InChI=1S/C20H23FN2O2/c1-13(2)18(15-7-5-4-6-8-15)12-22-20(25)17-11-16(23-14(3)24)9-10-19(17)21/h4-11,13,18H,12H2,1-3H3,(H,22,25)(H,23,24). The molecule has 0 bridgehead atoms. The van der Waals surface area contributed by atoms with Gasteiger partial charge >= 0.3 is 0 Å². The molecule has 0 spiro atoms. The number of nitrogens with one attached hydrogen (secondary N) is 2. The Morgan fingerprint density at radius 2 is 1.76 bits per heavy atom. The van der Waals surface area contributed by atoms with Crippen LogP contribution >= 0.6 is 0 Å². The van der Waals surface area contributed by atoms with Crippen LogP contribution in [-0.4, -0.2) is 18.4 Å². The minimum absolute atomic E-state index is 0.0817. The van der Waals surface area contributed by atoms with Gasteiger partial charge in [0.1, 0.15) is 5.82 Å². The fourth-order valence-electron chi connectivity index (χ4n) is 2.72. The molecule has 25 heavy (non-hydrogen) atoms. The van der Waals surface area contributed by atoms with Gasteiger partial charge in [-0.25, -0.2) is 4.39 Å². The highest BCUT2D eigenvalue weighted by Gasteiger charge is 2.19. The lowest BCUT2D eigenvalue weighted by Gasteiger charge is -2.22. The van der Waals surface area contributed by atoms with Gasteiger partial charge in [-0.3, -0.25) is 9.59 Å². The summed E-state index contributed by atoms with van der Waals surface area (Å²) in [6.07, 6.45) is 0. The van der Waals surface area contributed by atoms with Crippen molar-refractivity contribution in [3.63, 3.8) is 0 Å².